The molecule has 1 aliphatic carbocycles. The highest BCUT2D eigenvalue weighted by Crippen LogP contribution is 2.19. The fourth-order valence-corrected chi connectivity index (χ4v) is 3.50. The Kier molecular flexibility index (Phi) is 5.37. The summed E-state index contributed by atoms with van der Waals surface area (Å²) in [6.45, 7) is 5.27. The van der Waals surface area contributed by atoms with Crippen LogP contribution in [0.4, 0.5) is 0 Å². The molecule has 0 saturated carbocycles. The minimum atomic E-state index is -0.271. The van der Waals surface area contributed by atoms with Gasteiger partial charge in [0, 0.05) is 24.7 Å². The van der Waals surface area contributed by atoms with Crippen molar-refractivity contribution in [2.24, 2.45) is 0 Å². The van der Waals surface area contributed by atoms with E-state index < -0.39 is 0 Å². The molecule has 1 aliphatic rings. The van der Waals surface area contributed by atoms with Gasteiger partial charge in [-0.1, -0.05) is 23.3 Å². The molecule has 0 radical (unpaired) electrons. The molecule has 0 bridgehead atoms. The van der Waals surface area contributed by atoms with Crippen LogP contribution in [-0.4, -0.2) is 17.0 Å². The molecular formula is C21H26N2O2. The number of benzene rings is 1. The van der Waals surface area contributed by atoms with Crippen LogP contribution in [0.15, 0.2) is 40.8 Å². The molecule has 0 fully saturated rings. The largest absolute Gasteiger partial charge is 0.352 e. The molecule has 1 heterocycles. The number of fused-ring (bicyclic) bond motifs is 1. The molecule has 2 aromatic rings. The van der Waals surface area contributed by atoms with Crippen LogP contribution in [0.5, 0.6) is 0 Å². The second-order valence-electron chi connectivity index (χ2n) is 6.79. The van der Waals surface area contributed by atoms with E-state index in [9.17, 15) is 9.59 Å². The average molecular weight is 338 g/mol. The molecule has 0 aliphatic heterocycles. The molecule has 132 valence electrons. The molecule has 4 nitrogen and oxygen atoms in total. The van der Waals surface area contributed by atoms with Crippen molar-refractivity contribution < 1.29 is 4.79 Å². The van der Waals surface area contributed by atoms with E-state index in [4.69, 9.17) is 0 Å². The van der Waals surface area contributed by atoms with Crippen LogP contribution in [-0.2, 0) is 6.54 Å². The number of allylic oxidation sites excluding steroid dienone is 1. The maximum Gasteiger partial charge on any atom is 0.256 e. The van der Waals surface area contributed by atoms with Crippen LogP contribution in [0, 0.1) is 6.92 Å². The molecule has 4 heteroatoms. The zero-order valence-corrected chi connectivity index (χ0v) is 15.1. The molecule has 0 saturated heterocycles. The first-order chi connectivity index (χ1) is 12.1. The number of rotatable bonds is 5. The minimum absolute atomic E-state index is 0.183. The van der Waals surface area contributed by atoms with Crippen molar-refractivity contribution in [3.05, 3.63) is 57.4 Å². The van der Waals surface area contributed by atoms with Crippen LogP contribution in [0.3, 0.4) is 0 Å². The van der Waals surface area contributed by atoms with Crippen molar-refractivity contribution in [3.63, 3.8) is 0 Å². The molecule has 1 aromatic carbocycles. The van der Waals surface area contributed by atoms with Crippen LogP contribution >= 0.6 is 0 Å². The molecule has 0 unspecified atom stereocenters. The lowest BCUT2D eigenvalue weighted by molar-refractivity contribution is 0.0952. The number of nitrogens with zero attached hydrogens (tertiary/aromatic N) is 1. The van der Waals surface area contributed by atoms with Crippen LogP contribution in [0.1, 0.15) is 54.9 Å². The van der Waals surface area contributed by atoms with E-state index in [0.717, 1.165) is 30.3 Å². The third-order valence-electron chi connectivity index (χ3n) is 4.94. The van der Waals surface area contributed by atoms with Gasteiger partial charge < -0.3 is 9.88 Å². The number of hydrogen-bond donors (Lipinski definition) is 1. The summed E-state index contributed by atoms with van der Waals surface area (Å²) in [4.78, 5) is 25.3. The van der Waals surface area contributed by atoms with Gasteiger partial charge in [0.2, 0.25) is 5.43 Å². The van der Waals surface area contributed by atoms with E-state index in [0.29, 0.717) is 18.5 Å². The van der Waals surface area contributed by atoms with Gasteiger partial charge in [-0.25, -0.2) is 0 Å². The molecule has 0 atom stereocenters. The van der Waals surface area contributed by atoms with Crippen LogP contribution < -0.4 is 10.7 Å². The monoisotopic (exact) mass is 338 g/mol. The molecule has 1 aromatic heterocycles. The number of nitrogens with one attached hydrogen (secondary N) is 1. The normalized spacial score (nSPS) is 14.4. The maximum atomic E-state index is 12.8. The Morgan fingerprint density at radius 1 is 1.28 bits per heavy atom. The Bertz CT molecular complexity index is 877. The lowest BCUT2D eigenvalue weighted by Crippen LogP contribution is -2.30. The predicted molar refractivity (Wildman–Crippen MR) is 102 cm³/mol. The third kappa shape index (κ3) is 3.84. The van der Waals surface area contributed by atoms with Crippen LogP contribution in [0.2, 0.25) is 0 Å². The molecule has 25 heavy (non-hydrogen) atoms. The van der Waals surface area contributed by atoms with Crippen molar-refractivity contribution in [2.45, 2.75) is 52.5 Å². The fraction of sp³-hybridized carbons (Fsp3) is 0.429. The first-order valence-electron chi connectivity index (χ1n) is 9.20. The number of carbonyl (C=O) groups excluding carboxylic acids is 1. The smallest absolute Gasteiger partial charge is 0.256 e. The van der Waals surface area contributed by atoms with Crippen molar-refractivity contribution in [1.82, 2.24) is 9.88 Å². The topological polar surface area (TPSA) is 51.1 Å². The Hall–Kier alpha value is -2.36. The Balaban J connectivity index is 1.82. The number of carbonyl (C=O) groups is 1. The average Bonchev–Trinajstić information content (AvgIpc) is 2.63. The van der Waals surface area contributed by atoms with Gasteiger partial charge in [0.05, 0.1) is 5.52 Å². The fourth-order valence-electron chi connectivity index (χ4n) is 3.50. The van der Waals surface area contributed by atoms with Gasteiger partial charge in [0.15, 0.2) is 0 Å². The van der Waals surface area contributed by atoms with Crippen molar-refractivity contribution in [2.75, 3.05) is 6.54 Å². The van der Waals surface area contributed by atoms with Crippen molar-refractivity contribution in [1.29, 1.82) is 0 Å². The number of hydrogen-bond acceptors (Lipinski definition) is 2. The predicted octanol–water partition coefficient (Wildman–Crippen LogP) is 3.95. The summed E-state index contributed by atoms with van der Waals surface area (Å²) in [5.41, 5.74) is 3.37. The first kappa shape index (κ1) is 17.5. The van der Waals surface area contributed by atoms with E-state index in [2.05, 4.69) is 11.4 Å². The molecule has 1 amide bonds. The Morgan fingerprint density at radius 2 is 2.12 bits per heavy atom. The summed E-state index contributed by atoms with van der Waals surface area (Å²) in [6.07, 6.45) is 9.64. The first-order valence-corrected chi connectivity index (χ1v) is 9.20. The SMILES string of the molecule is CCn1cc(C(=O)NCCC2=CCCCC2)c(=O)c2cc(C)ccc21. The lowest BCUT2D eigenvalue weighted by atomic mass is 9.97. The highest BCUT2D eigenvalue weighted by Gasteiger charge is 2.15. The van der Waals surface area contributed by atoms with Gasteiger partial charge >= 0.3 is 0 Å². The lowest BCUT2D eigenvalue weighted by Gasteiger charge is -2.14. The van der Waals surface area contributed by atoms with Gasteiger partial charge in [-0.3, -0.25) is 9.59 Å². The van der Waals surface area contributed by atoms with Gasteiger partial charge in [0.25, 0.3) is 5.91 Å². The highest BCUT2D eigenvalue weighted by atomic mass is 16.2. The second-order valence-corrected chi connectivity index (χ2v) is 6.79. The van der Waals surface area contributed by atoms with Gasteiger partial charge in [0.1, 0.15) is 5.56 Å². The van der Waals surface area contributed by atoms with E-state index in [1.54, 1.807) is 6.20 Å². The maximum absolute atomic E-state index is 12.8. The summed E-state index contributed by atoms with van der Waals surface area (Å²) in [5, 5.41) is 3.54. The van der Waals surface area contributed by atoms with Crippen molar-refractivity contribution in [3.8, 4) is 0 Å². The zero-order chi connectivity index (χ0) is 17.8. The van der Waals surface area contributed by atoms with Gasteiger partial charge in [-0.2, -0.15) is 0 Å². The minimum Gasteiger partial charge on any atom is -0.352 e. The van der Waals surface area contributed by atoms with Gasteiger partial charge in [-0.15, -0.1) is 0 Å². The van der Waals surface area contributed by atoms with E-state index >= 15 is 0 Å². The molecule has 0 spiro atoms. The summed E-state index contributed by atoms with van der Waals surface area (Å²) >= 11 is 0. The van der Waals surface area contributed by atoms with Crippen molar-refractivity contribution >= 4 is 16.8 Å². The zero-order valence-electron chi connectivity index (χ0n) is 15.1. The molecular weight excluding hydrogens is 312 g/mol. The van der Waals surface area contributed by atoms with E-state index in [1.165, 1.54) is 18.4 Å². The number of aromatic nitrogens is 1. The summed E-state index contributed by atoms with van der Waals surface area (Å²) < 4.78 is 1.97. The molecule has 3 rings (SSSR count). The molecule has 1 N–H and O–H groups in total. The summed E-state index contributed by atoms with van der Waals surface area (Å²) in [6, 6.07) is 5.81. The second kappa shape index (κ2) is 7.68. The summed E-state index contributed by atoms with van der Waals surface area (Å²) in [5.74, 6) is -0.271. The number of aryl methyl sites for hydroxylation is 2. The highest BCUT2D eigenvalue weighted by molar-refractivity contribution is 5.97. The Morgan fingerprint density at radius 3 is 2.84 bits per heavy atom. The number of amides is 1. The number of pyridine rings is 1. The van der Waals surface area contributed by atoms with Gasteiger partial charge in [-0.05, 0) is 58.1 Å². The third-order valence-corrected chi connectivity index (χ3v) is 4.94. The quantitative estimate of drug-likeness (QED) is 0.839. The van der Waals surface area contributed by atoms with E-state index in [1.807, 2.05) is 36.6 Å². The van der Waals surface area contributed by atoms with Crippen LogP contribution in [0.25, 0.3) is 10.9 Å². The Labute approximate surface area is 148 Å². The standard InChI is InChI=1S/C21H26N2O2/c1-3-23-14-18(20(24)17-13-15(2)9-10-19(17)23)21(25)22-12-11-16-7-5-4-6-8-16/h7,9-10,13-14H,3-6,8,11-12H2,1-2H3,(H,22,25). The summed E-state index contributed by atoms with van der Waals surface area (Å²) in [7, 11) is 0. The van der Waals surface area contributed by atoms with E-state index in [-0.39, 0.29) is 16.9 Å².